The molecule has 0 atom stereocenters. The minimum Gasteiger partial charge on any atom is -0.462 e. The fraction of sp³-hybridized carbons (Fsp3) is 0.412. The van der Waals surface area contributed by atoms with Crippen LogP contribution in [0.3, 0.4) is 0 Å². The van der Waals surface area contributed by atoms with E-state index in [1.807, 2.05) is 25.3 Å². The van der Waals surface area contributed by atoms with E-state index in [9.17, 15) is 4.79 Å². The zero-order valence-electron chi connectivity index (χ0n) is 12.7. The van der Waals surface area contributed by atoms with Crippen molar-refractivity contribution in [3.63, 3.8) is 0 Å². The van der Waals surface area contributed by atoms with E-state index >= 15 is 0 Å². The molecule has 0 aromatic heterocycles. The summed E-state index contributed by atoms with van der Waals surface area (Å²) in [5.74, 6) is -0.258. The molecule has 0 unspecified atom stereocenters. The molecule has 1 N–H and O–H groups in total. The number of anilines is 1. The van der Waals surface area contributed by atoms with Crippen molar-refractivity contribution in [2.75, 3.05) is 18.5 Å². The average Bonchev–Trinajstić information content (AvgIpc) is 2.64. The molecule has 4 heteroatoms. The molecule has 4 nitrogen and oxygen atoms in total. The summed E-state index contributed by atoms with van der Waals surface area (Å²) in [5.41, 5.74) is 5.13. The molecule has 0 aliphatic carbocycles. The molecule has 3 rings (SSSR count). The van der Waals surface area contributed by atoms with Gasteiger partial charge in [0.25, 0.3) is 0 Å². The average molecular weight is 284 g/mol. The summed E-state index contributed by atoms with van der Waals surface area (Å²) < 4.78 is 5.21. The zero-order valence-corrected chi connectivity index (χ0v) is 12.7. The van der Waals surface area contributed by atoms with Crippen LogP contribution < -0.4 is 5.32 Å². The van der Waals surface area contributed by atoms with E-state index in [0.29, 0.717) is 18.6 Å². The Kier molecular flexibility index (Phi) is 3.32. The summed E-state index contributed by atoms with van der Waals surface area (Å²) in [6.07, 6.45) is 6.30. The van der Waals surface area contributed by atoms with Crippen LogP contribution >= 0.6 is 0 Å². The number of aliphatic imine (C=N–C) groups is 1. The number of nitrogens with one attached hydrogen (secondary N) is 1. The van der Waals surface area contributed by atoms with Crippen LogP contribution in [-0.2, 0) is 16.6 Å². The highest BCUT2D eigenvalue weighted by Gasteiger charge is 2.35. The SMILES string of the molecule is CCOC(=O)c1cc2c(c3c1CC=NC=C3)C(C)(C)CN2. The van der Waals surface area contributed by atoms with Gasteiger partial charge >= 0.3 is 5.97 Å². The summed E-state index contributed by atoms with van der Waals surface area (Å²) in [6, 6.07) is 1.94. The fourth-order valence-corrected chi connectivity index (χ4v) is 3.14. The second kappa shape index (κ2) is 5.02. The Bertz CT molecular complexity index is 657. The molecule has 110 valence electrons. The van der Waals surface area contributed by atoms with E-state index in [1.165, 1.54) is 5.56 Å². The summed E-state index contributed by atoms with van der Waals surface area (Å²) in [7, 11) is 0. The lowest BCUT2D eigenvalue weighted by atomic mass is 9.80. The molecular formula is C17H20N2O2. The lowest BCUT2D eigenvalue weighted by molar-refractivity contribution is 0.0525. The number of benzene rings is 1. The summed E-state index contributed by atoms with van der Waals surface area (Å²) >= 11 is 0. The molecule has 0 bridgehead atoms. The van der Waals surface area contributed by atoms with Gasteiger partial charge in [-0.15, -0.1) is 0 Å². The summed E-state index contributed by atoms with van der Waals surface area (Å²) in [6.45, 7) is 7.52. The van der Waals surface area contributed by atoms with Crippen molar-refractivity contribution < 1.29 is 9.53 Å². The van der Waals surface area contributed by atoms with E-state index in [-0.39, 0.29) is 11.4 Å². The monoisotopic (exact) mass is 284 g/mol. The normalized spacial score (nSPS) is 17.7. The number of carbonyl (C=O) groups is 1. The molecule has 21 heavy (non-hydrogen) atoms. The van der Waals surface area contributed by atoms with Gasteiger partial charge in [0.2, 0.25) is 0 Å². The number of fused-ring (bicyclic) bond motifs is 3. The van der Waals surface area contributed by atoms with Gasteiger partial charge in [0.1, 0.15) is 0 Å². The summed E-state index contributed by atoms with van der Waals surface area (Å²) in [5, 5.41) is 3.42. The topological polar surface area (TPSA) is 50.7 Å². The van der Waals surface area contributed by atoms with Crippen LogP contribution in [0.15, 0.2) is 17.3 Å². The second-order valence-electron chi connectivity index (χ2n) is 6.05. The maximum Gasteiger partial charge on any atom is 0.338 e. The maximum absolute atomic E-state index is 12.3. The first-order chi connectivity index (χ1) is 10.0. The van der Waals surface area contributed by atoms with Crippen molar-refractivity contribution in [2.45, 2.75) is 32.6 Å². The largest absolute Gasteiger partial charge is 0.462 e. The molecule has 2 aliphatic heterocycles. The van der Waals surface area contributed by atoms with Crippen LogP contribution in [0.5, 0.6) is 0 Å². The standard InChI is InChI=1S/C17H20N2O2/c1-4-21-16(20)13-9-14-15(17(2,3)10-19-14)12-6-8-18-7-5-11(12)13/h6-9,19H,4-5,10H2,1-3H3. The third-order valence-corrected chi connectivity index (χ3v) is 4.10. The summed E-state index contributed by atoms with van der Waals surface area (Å²) in [4.78, 5) is 16.5. The van der Waals surface area contributed by atoms with Gasteiger partial charge in [0.05, 0.1) is 12.2 Å². The predicted octanol–water partition coefficient (Wildman–Crippen LogP) is 3.16. The molecule has 0 amide bonds. The van der Waals surface area contributed by atoms with Crippen molar-refractivity contribution in [3.05, 3.63) is 34.5 Å². The highest BCUT2D eigenvalue weighted by molar-refractivity contribution is 5.96. The van der Waals surface area contributed by atoms with Gasteiger partial charge in [-0.25, -0.2) is 4.79 Å². The number of ether oxygens (including phenoxy) is 1. The van der Waals surface area contributed by atoms with Gasteiger partial charge in [-0.1, -0.05) is 13.8 Å². The van der Waals surface area contributed by atoms with E-state index in [4.69, 9.17) is 4.74 Å². The molecule has 1 aromatic rings. The van der Waals surface area contributed by atoms with E-state index in [2.05, 4.69) is 24.2 Å². The van der Waals surface area contributed by atoms with Gasteiger partial charge in [-0.3, -0.25) is 4.99 Å². The Morgan fingerprint density at radius 3 is 3.05 bits per heavy atom. The van der Waals surface area contributed by atoms with Crippen molar-refractivity contribution >= 4 is 23.9 Å². The van der Waals surface area contributed by atoms with Crippen LogP contribution in [0.4, 0.5) is 5.69 Å². The van der Waals surface area contributed by atoms with Gasteiger partial charge in [0, 0.05) is 36.5 Å². The minimum atomic E-state index is -0.258. The first-order valence-electron chi connectivity index (χ1n) is 7.34. The third kappa shape index (κ3) is 2.24. The Labute approximate surface area is 124 Å². The number of rotatable bonds is 2. The van der Waals surface area contributed by atoms with E-state index in [0.717, 1.165) is 23.4 Å². The Hall–Kier alpha value is -2.10. The third-order valence-electron chi connectivity index (χ3n) is 4.10. The Morgan fingerprint density at radius 1 is 1.48 bits per heavy atom. The quantitative estimate of drug-likeness (QED) is 0.849. The van der Waals surface area contributed by atoms with Gasteiger partial charge in [-0.2, -0.15) is 0 Å². The molecule has 0 saturated carbocycles. The molecule has 0 spiro atoms. The number of esters is 1. The molecule has 2 aliphatic rings. The van der Waals surface area contributed by atoms with Crippen molar-refractivity contribution in [1.29, 1.82) is 0 Å². The number of hydrogen-bond donors (Lipinski definition) is 1. The predicted molar refractivity (Wildman–Crippen MR) is 85.1 cm³/mol. The molecule has 0 saturated heterocycles. The number of nitrogens with zero attached hydrogens (tertiary/aromatic N) is 1. The molecule has 2 heterocycles. The van der Waals surface area contributed by atoms with Gasteiger partial charge in [-0.05, 0) is 35.8 Å². The maximum atomic E-state index is 12.3. The van der Waals surface area contributed by atoms with E-state index in [1.54, 1.807) is 6.20 Å². The number of carbonyl (C=O) groups excluding carboxylic acids is 1. The number of hydrogen-bond acceptors (Lipinski definition) is 4. The van der Waals surface area contributed by atoms with Crippen molar-refractivity contribution in [3.8, 4) is 0 Å². The zero-order chi connectivity index (χ0) is 15.0. The second-order valence-corrected chi connectivity index (χ2v) is 6.05. The van der Waals surface area contributed by atoms with Crippen LogP contribution in [0, 0.1) is 0 Å². The molecule has 1 aromatic carbocycles. The highest BCUT2D eigenvalue weighted by Crippen LogP contribution is 2.42. The van der Waals surface area contributed by atoms with Crippen LogP contribution in [0.2, 0.25) is 0 Å². The molecule has 0 radical (unpaired) electrons. The van der Waals surface area contributed by atoms with Crippen LogP contribution in [-0.4, -0.2) is 25.3 Å². The lowest BCUT2D eigenvalue weighted by Crippen LogP contribution is -2.21. The fourth-order valence-electron chi connectivity index (χ4n) is 3.14. The Balaban J connectivity index is 2.24. The minimum absolute atomic E-state index is 0.0429. The Morgan fingerprint density at radius 2 is 2.29 bits per heavy atom. The smallest absolute Gasteiger partial charge is 0.338 e. The van der Waals surface area contributed by atoms with Crippen molar-refractivity contribution in [2.24, 2.45) is 4.99 Å². The molecular weight excluding hydrogens is 264 g/mol. The first-order valence-corrected chi connectivity index (χ1v) is 7.34. The van der Waals surface area contributed by atoms with Gasteiger partial charge < -0.3 is 10.1 Å². The van der Waals surface area contributed by atoms with Crippen LogP contribution in [0.25, 0.3) is 6.08 Å². The molecule has 0 fully saturated rings. The van der Waals surface area contributed by atoms with Crippen LogP contribution in [0.1, 0.15) is 47.8 Å². The van der Waals surface area contributed by atoms with Crippen molar-refractivity contribution in [1.82, 2.24) is 0 Å². The highest BCUT2D eigenvalue weighted by atomic mass is 16.5. The van der Waals surface area contributed by atoms with Gasteiger partial charge in [0.15, 0.2) is 0 Å². The lowest BCUT2D eigenvalue weighted by Gasteiger charge is -2.22. The first kappa shape index (κ1) is 13.9. The van der Waals surface area contributed by atoms with E-state index < -0.39 is 0 Å².